The van der Waals surface area contributed by atoms with Crippen LogP contribution in [0.25, 0.3) is 0 Å². The zero-order valence-electron chi connectivity index (χ0n) is 5.59. The number of carboxylic acid groups (broad SMARTS) is 1. The first kappa shape index (κ1) is 8.74. The molecule has 0 rings (SSSR count). The minimum atomic E-state index is -1.37. The van der Waals surface area contributed by atoms with Crippen molar-refractivity contribution in [1.29, 1.82) is 0 Å². The molecule has 0 heterocycles. The van der Waals surface area contributed by atoms with Crippen molar-refractivity contribution in [3.63, 3.8) is 0 Å². The molecule has 0 spiro atoms. The van der Waals surface area contributed by atoms with Crippen LogP contribution in [0.3, 0.4) is 0 Å². The first-order chi connectivity index (χ1) is 4.66. The molecule has 1 amide bonds. The van der Waals surface area contributed by atoms with Gasteiger partial charge < -0.3 is 9.94 Å². The third kappa shape index (κ3) is 4.89. The number of amides is 1. The summed E-state index contributed by atoms with van der Waals surface area (Å²) in [5.41, 5.74) is 1.50. The van der Waals surface area contributed by atoms with Crippen LogP contribution in [0.2, 0.25) is 0 Å². The maximum Gasteiger partial charge on any atom is 0.438 e. The maximum absolute atomic E-state index is 10.4. The molecule has 0 fully saturated rings. The van der Waals surface area contributed by atoms with Gasteiger partial charge in [-0.3, -0.25) is 0 Å². The van der Waals surface area contributed by atoms with Crippen LogP contribution in [0.1, 0.15) is 19.8 Å². The smallest absolute Gasteiger partial charge is 0.438 e. The summed E-state index contributed by atoms with van der Waals surface area (Å²) in [7, 11) is 0. The second kappa shape index (κ2) is 4.60. The van der Waals surface area contributed by atoms with Gasteiger partial charge in [-0.05, 0) is 6.42 Å². The van der Waals surface area contributed by atoms with Crippen molar-refractivity contribution in [1.82, 2.24) is 5.48 Å². The first-order valence-corrected chi connectivity index (χ1v) is 2.85. The molecule has 0 unspecified atom stereocenters. The number of hydrogen-bond acceptors (Lipinski definition) is 3. The molecule has 10 heavy (non-hydrogen) atoms. The van der Waals surface area contributed by atoms with Crippen LogP contribution in [0.5, 0.6) is 0 Å². The number of carbonyl (C=O) groups excluding carboxylic acids is 1. The third-order valence-electron chi connectivity index (χ3n) is 0.706. The van der Waals surface area contributed by atoms with E-state index in [1.807, 2.05) is 0 Å². The van der Waals surface area contributed by atoms with Gasteiger partial charge in [-0.2, -0.15) is 0 Å². The van der Waals surface area contributed by atoms with E-state index in [1.165, 1.54) is 5.48 Å². The Hall–Kier alpha value is -1.26. The van der Waals surface area contributed by atoms with Crippen molar-refractivity contribution in [3.8, 4) is 0 Å². The summed E-state index contributed by atoms with van der Waals surface area (Å²) < 4.78 is 0. The Kier molecular flexibility index (Phi) is 4.02. The second-order valence-corrected chi connectivity index (χ2v) is 1.63. The standard InChI is InChI=1S/C5H9NO4/c1-2-3-4(7)10-6-5(8)9/h6H,2-3H2,1H3,(H,8,9). The van der Waals surface area contributed by atoms with E-state index in [0.717, 1.165) is 0 Å². The normalized spacial score (nSPS) is 8.50. The van der Waals surface area contributed by atoms with E-state index in [1.54, 1.807) is 6.92 Å². The van der Waals surface area contributed by atoms with E-state index in [4.69, 9.17) is 5.11 Å². The third-order valence-corrected chi connectivity index (χ3v) is 0.706. The van der Waals surface area contributed by atoms with Gasteiger partial charge in [-0.15, -0.1) is 5.48 Å². The van der Waals surface area contributed by atoms with Crippen molar-refractivity contribution in [2.45, 2.75) is 19.8 Å². The fraction of sp³-hybridized carbons (Fsp3) is 0.600. The molecular formula is C5H9NO4. The molecule has 0 aromatic carbocycles. The predicted molar refractivity (Wildman–Crippen MR) is 32.2 cm³/mol. The lowest BCUT2D eigenvalue weighted by molar-refractivity contribution is -0.149. The molecule has 0 aliphatic carbocycles. The highest BCUT2D eigenvalue weighted by molar-refractivity contribution is 5.72. The number of hydrogen-bond donors (Lipinski definition) is 2. The average molecular weight is 147 g/mol. The predicted octanol–water partition coefficient (Wildman–Crippen LogP) is 0.512. The molecule has 0 aromatic heterocycles. The zero-order chi connectivity index (χ0) is 7.98. The molecule has 0 saturated carbocycles. The van der Waals surface area contributed by atoms with Gasteiger partial charge in [0.05, 0.1) is 0 Å². The lowest BCUT2D eigenvalue weighted by Crippen LogP contribution is -2.24. The Labute approximate surface area is 57.9 Å². The highest BCUT2D eigenvalue weighted by atomic mass is 16.7. The van der Waals surface area contributed by atoms with Crippen LogP contribution < -0.4 is 5.48 Å². The summed E-state index contributed by atoms with van der Waals surface area (Å²) in [6.45, 7) is 1.79. The molecule has 58 valence electrons. The van der Waals surface area contributed by atoms with Gasteiger partial charge in [-0.25, -0.2) is 9.59 Å². The van der Waals surface area contributed by atoms with Gasteiger partial charge in [0.15, 0.2) is 0 Å². The molecule has 0 aromatic rings. The molecule has 0 aliphatic rings. The molecule has 0 bridgehead atoms. The summed E-state index contributed by atoms with van der Waals surface area (Å²) in [6, 6.07) is 0. The zero-order valence-corrected chi connectivity index (χ0v) is 5.59. The molecule has 5 heteroatoms. The SMILES string of the molecule is CCCC(=O)ONC(=O)O. The second-order valence-electron chi connectivity index (χ2n) is 1.63. The lowest BCUT2D eigenvalue weighted by Gasteiger charge is -1.98. The van der Waals surface area contributed by atoms with Gasteiger partial charge in [0.1, 0.15) is 0 Å². The van der Waals surface area contributed by atoms with Crippen molar-refractivity contribution in [2.24, 2.45) is 0 Å². The van der Waals surface area contributed by atoms with Gasteiger partial charge >= 0.3 is 12.1 Å². The van der Waals surface area contributed by atoms with Crippen LogP contribution >= 0.6 is 0 Å². The molecule has 0 atom stereocenters. The fourth-order valence-electron chi connectivity index (χ4n) is 0.356. The Balaban J connectivity index is 3.30. The van der Waals surface area contributed by atoms with Gasteiger partial charge in [0.2, 0.25) is 0 Å². The van der Waals surface area contributed by atoms with E-state index in [0.29, 0.717) is 6.42 Å². The van der Waals surface area contributed by atoms with Crippen LogP contribution in [-0.4, -0.2) is 17.2 Å². The fourth-order valence-corrected chi connectivity index (χ4v) is 0.356. The summed E-state index contributed by atoms with van der Waals surface area (Å²) in [6.07, 6.45) is -0.509. The summed E-state index contributed by atoms with van der Waals surface area (Å²) in [4.78, 5) is 24.2. The summed E-state index contributed by atoms with van der Waals surface area (Å²) in [5.74, 6) is -0.565. The molecule has 0 saturated heterocycles. The monoisotopic (exact) mass is 147 g/mol. The average Bonchev–Trinajstić information content (AvgIpc) is 1.85. The summed E-state index contributed by atoms with van der Waals surface area (Å²) >= 11 is 0. The maximum atomic E-state index is 10.4. The number of nitrogens with one attached hydrogen (secondary N) is 1. The van der Waals surface area contributed by atoms with Crippen molar-refractivity contribution >= 4 is 12.1 Å². The van der Waals surface area contributed by atoms with Crippen LogP contribution in [0.4, 0.5) is 4.79 Å². The number of hydroxylamine groups is 1. The number of rotatable bonds is 2. The largest absolute Gasteiger partial charge is 0.463 e. The van der Waals surface area contributed by atoms with E-state index < -0.39 is 12.1 Å². The Morgan fingerprint density at radius 3 is 2.60 bits per heavy atom. The molecule has 5 nitrogen and oxygen atoms in total. The van der Waals surface area contributed by atoms with Gasteiger partial charge in [0.25, 0.3) is 0 Å². The van der Waals surface area contributed by atoms with Crippen LogP contribution in [-0.2, 0) is 9.63 Å². The van der Waals surface area contributed by atoms with Crippen LogP contribution in [0.15, 0.2) is 0 Å². The van der Waals surface area contributed by atoms with E-state index >= 15 is 0 Å². The van der Waals surface area contributed by atoms with Crippen molar-refractivity contribution < 1.29 is 19.5 Å². The first-order valence-electron chi connectivity index (χ1n) is 2.85. The number of carbonyl (C=O) groups is 2. The molecular weight excluding hydrogens is 138 g/mol. The Morgan fingerprint density at radius 1 is 1.60 bits per heavy atom. The minimum Gasteiger partial charge on any atom is -0.463 e. The molecule has 2 N–H and O–H groups in total. The Bertz CT molecular complexity index is 134. The quantitative estimate of drug-likeness (QED) is 0.558. The van der Waals surface area contributed by atoms with Crippen molar-refractivity contribution in [3.05, 3.63) is 0 Å². The van der Waals surface area contributed by atoms with Gasteiger partial charge in [-0.1, -0.05) is 6.92 Å². The highest BCUT2D eigenvalue weighted by Gasteiger charge is 2.01. The lowest BCUT2D eigenvalue weighted by atomic mass is 10.3. The van der Waals surface area contributed by atoms with Crippen molar-refractivity contribution in [2.75, 3.05) is 0 Å². The van der Waals surface area contributed by atoms with E-state index in [9.17, 15) is 9.59 Å². The highest BCUT2D eigenvalue weighted by Crippen LogP contribution is 1.87. The molecule has 0 radical (unpaired) electrons. The summed E-state index contributed by atoms with van der Waals surface area (Å²) in [5, 5.41) is 7.94. The molecule has 0 aliphatic heterocycles. The topological polar surface area (TPSA) is 75.6 Å². The van der Waals surface area contributed by atoms with Gasteiger partial charge in [0, 0.05) is 6.42 Å². The van der Waals surface area contributed by atoms with Crippen LogP contribution in [0, 0.1) is 0 Å². The Morgan fingerprint density at radius 2 is 2.20 bits per heavy atom. The van der Waals surface area contributed by atoms with E-state index in [2.05, 4.69) is 4.84 Å². The van der Waals surface area contributed by atoms with E-state index in [-0.39, 0.29) is 6.42 Å². The minimum absolute atomic E-state index is 0.222.